The second-order valence-corrected chi connectivity index (χ2v) is 15.0. The first-order valence-corrected chi connectivity index (χ1v) is 19.0. The molecule has 51 heavy (non-hydrogen) atoms. The highest BCUT2D eigenvalue weighted by molar-refractivity contribution is 8.00. The molecule has 0 N–H and O–H groups in total. The van der Waals surface area contributed by atoms with Crippen LogP contribution in [-0.4, -0.2) is 45.0 Å². The second kappa shape index (κ2) is 14.1. The van der Waals surface area contributed by atoms with Gasteiger partial charge in [0, 0.05) is 29.3 Å². The van der Waals surface area contributed by atoms with Crippen molar-refractivity contribution in [2.24, 2.45) is 0 Å². The number of hydrogen-bond donors (Lipinski definition) is 0. The molecule has 0 aliphatic rings. The fourth-order valence-electron chi connectivity index (χ4n) is 7.02. The fraction of sp³-hybridized carbons (Fsp3) is 0.114. The predicted molar refractivity (Wildman–Crippen MR) is 213 cm³/mol. The van der Waals surface area contributed by atoms with Crippen molar-refractivity contribution >= 4 is 34.0 Å². The number of benzene rings is 5. The third kappa shape index (κ3) is 6.18. The van der Waals surface area contributed by atoms with Crippen LogP contribution in [0.15, 0.2) is 162 Å². The maximum absolute atomic E-state index is 5.60. The molecule has 3 aromatic heterocycles. The number of fused-ring (bicyclic) bond motifs is 1. The second-order valence-electron chi connectivity index (χ2n) is 12.9. The van der Waals surface area contributed by atoms with Crippen LogP contribution in [-0.2, 0) is 12.1 Å². The van der Waals surface area contributed by atoms with E-state index in [0.717, 1.165) is 67.1 Å². The van der Waals surface area contributed by atoms with Crippen molar-refractivity contribution in [3.05, 3.63) is 180 Å². The molecule has 0 unspecified atom stereocenters. The summed E-state index contributed by atoms with van der Waals surface area (Å²) in [4.78, 5) is 12.8. The van der Waals surface area contributed by atoms with Crippen LogP contribution in [0.4, 0.5) is 0 Å². The number of hydrogen-bond acceptors (Lipinski definition) is 6. The van der Waals surface area contributed by atoms with E-state index in [1.54, 1.807) is 29.4 Å². The van der Waals surface area contributed by atoms with Crippen molar-refractivity contribution in [3.63, 3.8) is 0 Å². The smallest absolute Gasteiger partial charge is 0.138 e. The predicted octanol–water partition coefficient (Wildman–Crippen LogP) is 10.5. The van der Waals surface area contributed by atoms with Gasteiger partial charge in [-0.05, 0) is 72.4 Å². The molecule has 0 aliphatic carbocycles. The number of aromatic nitrogens is 4. The van der Waals surface area contributed by atoms with Gasteiger partial charge in [-0.25, -0.2) is 9.97 Å². The maximum atomic E-state index is 5.60. The highest BCUT2D eigenvalue weighted by atomic mass is 32.2. The van der Waals surface area contributed by atoms with Crippen molar-refractivity contribution in [1.82, 2.24) is 24.6 Å². The van der Waals surface area contributed by atoms with E-state index in [9.17, 15) is 0 Å². The molecule has 0 spiro atoms. The molecule has 0 atom stereocenters. The van der Waals surface area contributed by atoms with E-state index < -0.39 is 5.54 Å². The summed E-state index contributed by atoms with van der Waals surface area (Å²) < 4.78 is 3.44. The van der Waals surface area contributed by atoms with Crippen LogP contribution in [0.25, 0.3) is 43.9 Å². The lowest BCUT2D eigenvalue weighted by Gasteiger charge is -2.36. The SMILES string of the molecule is CSc1ccc(-c2ncnc3ccc(-c4cn(C(c5ccccc5)(c5ccccc5)c5ccccc5)nc4-c4ccc(CN(C)C)cc4)cc23)s1. The molecule has 0 aliphatic heterocycles. The Balaban J connectivity index is 1.41. The first-order valence-electron chi connectivity index (χ1n) is 16.9. The van der Waals surface area contributed by atoms with Gasteiger partial charge >= 0.3 is 0 Å². The molecule has 0 fully saturated rings. The molecule has 0 saturated heterocycles. The molecule has 8 rings (SSSR count). The van der Waals surface area contributed by atoms with Crippen LogP contribution < -0.4 is 0 Å². The lowest BCUT2D eigenvalue weighted by atomic mass is 9.77. The summed E-state index contributed by atoms with van der Waals surface area (Å²) in [5.74, 6) is 0. The molecule has 5 nitrogen and oxygen atoms in total. The van der Waals surface area contributed by atoms with E-state index in [0.29, 0.717) is 0 Å². The molecule has 0 amide bonds. The summed E-state index contributed by atoms with van der Waals surface area (Å²) in [6, 6.07) is 51.8. The number of nitrogens with zero attached hydrogens (tertiary/aromatic N) is 5. The first-order chi connectivity index (χ1) is 25.0. The first kappa shape index (κ1) is 32.8. The standard InChI is InChI=1S/C44H37N5S2/c1-48(2)28-31-19-21-32(22-20-31)42-38(33-23-24-39-37(27-33)43(46-30-45-39)40-25-26-41(50-3)51-40)29-49(47-42)44(34-13-7-4-8-14-34,35-15-9-5-10-16-35)36-17-11-6-12-18-36/h4-27,29-30H,28H2,1-3H3. The van der Waals surface area contributed by atoms with Gasteiger partial charge in [0.1, 0.15) is 17.6 Å². The summed E-state index contributed by atoms with van der Waals surface area (Å²) in [5.41, 5.74) is 9.81. The van der Waals surface area contributed by atoms with Crippen LogP contribution in [0, 0.1) is 0 Å². The molecule has 8 aromatic rings. The van der Waals surface area contributed by atoms with Crippen LogP contribution in [0.1, 0.15) is 22.3 Å². The largest absolute Gasteiger partial charge is 0.305 e. The van der Waals surface area contributed by atoms with E-state index in [1.165, 1.54) is 9.77 Å². The fourth-order valence-corrected chi connectivity index (χ4v) is 8.57. The zero-order chi connectivity index (χ0) is 34.8. The number of thiophene rings is 1. The van der Waals surface area contributed by atoms with Crippen molar-refractivity contribution in [2.45, 2.75) is 16.3 Å². The van der Waals surface area contributed by atoms with Crippen molar-refractivity contribution < 1.29 is 0 Å². The average Bonchev–Trinajstić information content (AvgIpc) is 3.85. The third-order valence-electron chi connectivity index (χ3n) is 9.32. The topological polar surface area (TPSA) is 46.8 Å². The molecular formula is C44H37N5S2. The van der Waals surface area contributed by atoms with Gasteiger partial charge in [0.05, 0.1) is 20.3 Å². The van der Waals surface area contributed by atoms with Gasteiger partial charge in [0.15, 0.2) is 0 Å². The summed E-state index contributed by atoms with van der Waals surface area (Å²) in [6.45, 7) is 0.870. The van der Waals surface area contributed by atoms with Gasteiger partial charge in [0.25, 0.3) is 0 Å². The summed E-state index contributed by atoms with van der Waals surface area (Å²) in [6.07, 6.45) is 6.01. The third-order valence-corrected chi connectivity index (χ3v) is 11.5. The number of thioether (sulfide) groups is 1. The Morgan fingerprint density at radius 2 is 1.27 bits per heavy atom. The quantitative estimate of drug-likeness (QED) is 0.105. The Kier molecular flexibility index (Phi) is 9.09. The van der Waals surface area contributed by atoms with Gasteiger partial charge in [-0.3, -0.25) is 4.68 Å². The van der Waals surface area contributed by atoms with Crippen molar-refractivity contribution in [3.8, 4) is 33.0 Å². The van der Waals surface area contributed by atoms with Crippen molar-refractivity contribution in [2.75, 3.05) is 20.4 Å². The Morgan fingerprint density at radius 1 is 0.667 bits per heavy atom. The normalized spacial score (nSPS) is 11.8. The molecule has 0 radical (unpaired) electrons. The van der Waals surface area contributed by atoms with E-state index in [1.807, 2.05) is 0 Å². The van der Waals surface area contributed by atoms with Crippen LogP contribution in [0.5, 0.6) is 0 Å². The summed E-state index contributed by atoms with van der Waals surface area (Å²) in [7, 11) is 4.19. The monoisotopic (exact) mass is 699 g/mol. The minimum absolute atomic E-state index is 0.752. The zero-order valence-corrected chi connectivity index (χ0v) is 30.4. The summed E-state index contributed by atoms with van der Waals surface area (Å²) in [5, 5.41) is 6.62. The maximum Gasteiger partial charge on any atom is 0.138 e. The van der Waals surface area contributed by atoms with Gasteiger partial charge in [-0.1, -0.05) is 121 Å². The minimum Gasteiger partial charge on any atom is -0.305 e. The average molecular weight is 700 g/mol. The Hall–Kier alpha value is -5.34. The van der Waals surface area contributed by atoms with Crippen LogP contribution in [0.3, 0.4) is 0 Å². The molecule has 0 saturated carbocycles. The Labute approximate surface area is 307 Å². The highest BCUT2D eigenvalue weighted by Crippen LogP contribution is 2.44. The van der Waals surface area contributed by atoms with Gasteiger partial charge in [0.2, 0.25) is 0 Å². The molecular weight excluding hydrogens is 663 g/mol. The molecule has 5 aromatic carbocycles. The van der Waals surface area contributed by atoms with Gasteiger partial charge < -0.3 is 4.90 Å². The van der Waals surface area contributed by atoms with Crippen LogP contribution in [0.2, 0.25) is 0 Å². The molecule has 250 valence electrons. The lowest BCUT2D eigenvalue weighted by molar-refractivity contribution is 0.402. The lowest BCUT2D eigenvalue weighted by Crippen LogP contribution is -2.38. The Morgan fingerprint density at radius 3 is 1.84 bits per heavy atom. The molecule has 7 heteroatoms. The Bertz CT molecular complexity index is 2300. The summed E-state index contributed by atoms with van der Waals surface area (Å²) >= 11 is 3.52. The molecule has 0 bridgehead atoms. The zero-order valence-electron chi connectivity index (χ0n) is 28.8. The van der Waals surface area contributed by atoms with Crippen LogP contribution >= 0.6 is 23.1 Å². The molecule has 3 heterocycles. The van der Waals surface area contributed by atoms with Gasteiger partial charge in [-0.15, -0.1) is 23.1 Å². The van der Waals surface area contributed by atoms with E-state index in [2.05, 4.69) is 187 Å². The van der Waals surface area contributed by atoms with E-state index >= 15 is 0 Å². The number of rotatable bonds is 10. The minimum atomic E-state index is -0.752. The van der Waals surface area contributed by atoms with E-state index in [-0.39, 0.29) is 0 Å². The van der Waals surface area contributed by atoms with E-state index in [4.69, 9.17) is 10.1 Å². The highest BCUT2D eigenvalue weighted by Gasteiger charge is 2.40. The van der Waals surface area contributed by atoms with Crippen molar-refractivity contribution in [1.29, 1.82) is 0 Å². The van der Waals surface area contributed by atoms with Gasteiger partial charge in [-0.2, -0.15) is 5.10 Å².